The molecule has 3 saturated heterocycles. The maximum Gasteiger partial charge on any atom is 0.412 e. The summed E-state index contributed by atoms with van der Waals surface area (Å²) in [7, 11) is 0. The Balaban J connectivity index is 2.28. The molecule has 12 heavy (non-hydrogen) atoms. The molecule has 2 bridgehead atoms. The molecule has 6 heteroatoms. The van der Waals surface area contributed by atoms with Gasteiger partial charge in [0.25, 0.3) is 0 Å². The molecule has 66 valence electrons. The van der Waals surface area contributed by atoms with E-state index in [4.69, 9.17) is 14.9 Å². The monoisotopic (exact) mass is 173 g/mol. The highest BCUT2D eigenvalue weighted by atomic mass is 16.6. The van der Waals surface area contributed by atoms with Crippen molar-refractivity contribution >= 4 is 12.1 Å². The maximum absolute atomic E-state index is 10.6. The number of amides is 1. The number of hydrogen-bond acceptors (Lipinski definition) is 3. The molecule has 0 aromatic heterocycles. The zero-order valence-corrected chi connectivity index (χ0v) is 6.06. The molecule has 3 aliphatic rings. The second-order valence-electron chi connectivity index (χ2n) is 2.85. The highest BCUT2D eigenvalue weighted by Gasteiger charge is 2.67. The molecule has 3 fully saturated rings. The minimum Gasteiger partial charge on any atom is -0.478 e. The molecule has 0 aromatic carbocycles. The van der Waals surface area contributed by atoms with Crippen LogP contribution in [0.3, 0.4) is 0 Å². The van der Waals surface area contributed by atoms with Crippen LogP contribution in [0, 0.1) is 0 Å². The molecule has 0 spiro atoms. The number of ether oxygens (including phenoxy) is 1. The number of carbonyl (C=O) groups is 2. The van der Waals surface area contributed by atoms with E-state index < -0.39 is 24.0 Å². The number of fused-ring (bicyclic) bond motifs is 1. The van der Waals surface area contributed by atoms with E-state index in [0.29, 0.717) is 6.42 Å². The summed E-state index contributed by atoms with van der Waals surface area (Å²) in [6.07, 6.45) is -1.05. The molecule has 2 unspecified atom stereocenters. The minimum absolute atomic E-state index is 0.249. The third kappa shape index (κ3) is 0.585. The lowest BCUT2D eigenvalue weighted by atomic mass is 10.1. The van der Waals surface area contributed by atoms with Crippen molar-refractivity contribution in [2.24, 2.45) is 0 Å². The summed E-state index contributed by atoms with van der Waals surface area (Å²) in [5, 5.41) is 17.3. The number of aliphatic carboxylic acids is 1. The molecule has 2 atom stereocenters. The van der Waals surface area contributed by atoms with Gasteiger partial charge in [-0.15, -0.1) is 0 Å². The standard InChI is InChI=1S/C6H7NO5/c8-4(9)6-2-1-3(12-6)7(6)5(10)11/h3H,1-2H2,(H,8,9)(H,10,11). The molecule has 0 saturated carbocycles. The van der Waals surface area contributed by atoms with Crippen molar-refractivity contribution in [1.29, 1.82) is 0 Å². The Hall–Kier alpha value is -1.30. The lowest BCUT2D eigenvalue weighted by Gasteiger charge is -2.45. The van der Waals surface area contributed by atoms with Crippen LogP contribution in [0.2, 0.25) is 0 Å². The van der Waals surface area contributed by atoms with Gasteiger partial charge in [-0.1, -0.05) is 0 Å². The maximum atomic E-state index is 10.6. The summed E-state index contributed by atoms with van der Waals surface area (Å²) in [4.78, 5) is 22.0. The average molecular weight is 173 g/mol. The lowest BCUT2D eigenvalue weighted by molar-refractivity contribution is -0.282. The summed E-state index contributed by atoms with van der Waals surface area (Å²) in [6.45, 7) is 0. The number of carboxylic acids is 1. The average Bonchev–Trinajstić information content (AvgIpc) is 2.38. The largest absolute Gasteiger partial charge is 0.478 e. The number of carboxylic acid groups (broad SMARTS) is 2. The van der Waals surface area contributed by atoms with Crippen LogP contribution in [0.5, 0.6) is 0 Å². The van der Waals surface area contributed by atoms with E-state index in [0.717, 1.165) is 4.90 Å². The second-order valence-corrected chi connectivity index (χ2v) is 2.85. The summed E-state index contributed by atoms with van der Waals surface area (Å²) in [5.74, 6) is -1.22. The molecule has 3 heterocycles. The summed E-state index contributed by atoms with van der Waals surface area (Å²) in [5.41, 5.74) is -1.57. The van der Waals surface area contributed by atoms with Gasteiger partial charge in [0, 0.05) is 6.42 Å². The topological polar surface area (TPSA) is 87.1 Å². The van der Waals surface area contributed by atoms with Crippen molar-refractivity contribution in [3.8, 4) is 0 Å². The third-order valence-corrected chi connectivity index (χ3v) is 2.28. The molecule has 0 aromatic rings. The van der Waals surface area contributed by atoms with Crippen LogP contribution in [0.15, 0.2) is 0 Å². The normalized spacial score (nSPS) is 37.7. The van der Waals surface area contributed by atoms with Gasteiger partial charge < -0.3 is 14.9 Å². The van der Waals surface area contributed by atoms with E-state index in [1.54, 1.807) is 0 Å². The molecule has 0 aliphatic carbocycles. The zero-order chi connectivity index (χ0) is 8.93. The lowest BCUT2D eigenvalue weighted by Crippen LogP contribution is -2.67. The van der Waals surface area contributed by atoms with Crippen LogP contribution in [-0.2, 0) is 9.53 Å². The Labute approximate surface area is 67.3 Å². The van der Waals surface area contributed by atoms with Gasteiger partial charge in [-0.25, -0.2) is 14.5 Å². The highest BCUT2D eigenvalue weighted by molar-refractivity contribution is 5.84. The van der Waals surface area contributed by atoms with Crippen molar-refractivity contribution in [2.45, 2.75) is 24.8 Å². The van der Waals surface area contributed by atoms with E-state index in [1.807, 2.05) is 0 Å². The van der Waals surface area contributed by atoms with Crippen molar-refractivity contribution in [3.05, 3.63) is 0 Å². The summed E-state index contributed by atoms with van der Waals surface area (Å²) >= 11 is 0. The van der Waals surface area contributed by atoms with Gasteiger partial charge in [0.15, 0.2) is 0 Å². The van der Waals surface area contributed by atoms with Gasteiger partial charge in [-0.3, -0.25) is 0 Å². The van der Waals surface area contributed by atoms with Crippen molar-refractivity contribution < 1.29 is 24.5 Å². The van der Waals surface area contributed by atoms with E-state index in [1.165, 1.54) is 0 Å². The second kappa shape index (κ2) is 1.89. The number of hydrogen-bond donors (Lipinski definition) is 2. The molecule has 1 amide bonds. The van der Waals surface area contributed by atoms with Gasteiger partial charge in [-0.2, -0.15) is 0 Å². The Kier molecular flexibility index (Phi) is 1.16. The first-order valence-electron chi connectivity index (χ1n) is 3.51. The molecule has 3 aliphatic heterocycles. The van der Waals surface area contributed by atoms with Gasteiger partial charge in [-0.05, 0) is 6.42 Å². The quantitative estimate of drug-likeness (QED) is 0.578. The Morgan fingerprint density at radius 3 is 2.50 bits per heavy atom. The molecule has 6 nitrogen and oxygen atoms in total. The van der Waals surface area contributed by atoms with E-state index in [2.05, 4.69) is 0 Å². The fourth-order valence-corrected chi connectivity index (χ4v) is 1.74. The smallest absolute Gasteiger partial charge is 0.412 e. The predicted octanol–water partition coefficient (Wildman–Crippen LogP) is -0.103. The Morgan fingerprint density at radius 1 is 1.50 bits per heavy atom. The fourth-order valence-electron chi connectivity index (χ4n) is 1.74. The molecular weight excluding hydrogens is 166 g/mol. The van der Waals surface area contributed by atoms with Crippen molar-refractivity contribution in [2.75, 3.05) is 0 Å². The summed E-state index contributed by atoms with van der Waals surface area (Å²) in [6, 6.07) is 0. The fraction of sp³-hybridized carbons (Fsp3) is 0.667. The minimum atomic E-state index is -1.57. The Morgan fingerprint density at radius 2 is 2.17 bits per heavy atom. The Bertz CT molecular complexity index is 261. The van der Waals surface area contributed by atoms with Crippen LogP contribution >= 0.6 is 0 Å². The first-order valence-corrected chi connectivity index (χ1v) is 3.51. The molecule has 3 rings (SSSR count). The van der Waals surface area contributed by atoms with Gasteiger partial charge in [0.05, 0.1) is 0 Å². The van der Waals surface area contributed by atoms with Crippen LogP contribution in [0.1, 0.15) is 12.8 Å². The van der Waals surface area contributed by atoms with Crippen molar-refractivity contribution in [3.63, 3.8) is 0 Å². The van der Waals surface area contributed by atoms with Gasteiger partial charge in [0.1, 0.15) is 6.23 Å². The van der Waals surface area contributed by atoms with Gasteiger partial charge in [0.2, 0.25) is 5.72 Å². The van der Waals surface area contributed by atoms with E-state index >= 15 is 0 Å². The van der Waals surface area contributed by atoms with E-state index in [-0.39, 0.29) is 6.42 Å². The van der Waals surface area contributed by atoms with E-state index in [9.17, 15) is 9.59 Å². The predicted molar refractivity (Wildman–Crippen MR) is 34.3 cm³/mol. The van der Waals surface area contributed by atoms with Gasteiger partial charge >= 0.3 is 12.1 Å². The van der Waals surface area contributed by atoms with Crippen LogP contribution in [0.25, 0.3) is 0 Å². The van der Waals surface area contributed by atoms with Crippen LogP contribution < -0.4 is 0 Å². The van der Waals surface area contributed by atoms with Crippen molar-refractivity contribution in [1.82, 2.24) is 4.90 Å². The SMILES string of the molecule is O=C(O)N1C2CCC1(C(=O)O)O2. The zero-order valence-electron chi connectivity index (χ0n) is 6.06. The number of rotatable bonds is 1. The van der Waals surface area contributed by atoms with Crippen LogP contribution in [0.4, 0.5) is 4.79 Å². The number of nitrogens with zero attached hydrogens (tertiary/aromatic N) is 1. The molecular formula is C6H7NO5. The summed E-state index contributed by atoms with van der Waals surface area (Å²) < 4.78 is 4.92. The third-order valence-electron chi connectivity index (χ3n) is 2.28. The molecule has 0 radical (unpaired) electrons. The highest BCUT2D eigenvalue weighted by Crippen LogP contribution is 2.47. The first kappa shape index (κ1) is 7.35. The first-order chi connectivity index (χ1) is 5.58. The van der Waals surface area contributed by atoms with Crippen LogP contribution in [-0.4, -0.2) is 39.1 Å². The molecule has 2 N–H and O–H groups in total.